The fourth-order valence-electron chi connectivity index (χ4n) is 5.41. The number of nitrogens with one attached hydrogen (secondary N) is 1. The molecule has 9 nitrogen and oxygen atoms in total. The van der Waals surface area contributed by atoms with Crippen LogP contribution in [0.15, 0.2) is 41.3 Å². The number of aryl methyl sites for hydroxylation is 1. The summed E-state index contributed by atoms with van der Waals surface area (Å²) in [6, 6.07) is 10.7. The Morgan fingerprint density at radius 2 is 1.80 bits per heavy atom. The highest BCUT2D eigenvalue weighted by atomic mass is 16.5. The van der Waals surface area contributed by atoms with E-state index in [1.165, 1.54) is 5.56 Å². The monoisotopic (exact) mass is 486 g/mol. The highest BCUT2D eigenvalue weighted by Crippen LogP contribution is 2.52. The van der Waals surface area contributed by atoms with E-state index in [2.05, 4.69) is 22.0 Å². The van der Waals surface area contributed by atoms with Crippen LogP contribution in [0.3, 0.4) is 0 Å². The zero-order valence-electron chi connectivity index (χ0n) is 20.4. The van der Waals surface area contributed by atoms with Gasteiger partial charge in [-0.25, -0.2) is 0 Å². The maximum absolute atomic E-state index is 13.2. The number of carbonyl (C=O) groups is 3. The number of rotatable bonds is 6. The van der Waals surface area contributed by atoms with E-state index in [-0.39, 0.29) is 30.4 Å². The van der Waals surface area contributed by atoms with Gasteiger partial charge in [0.15, 0.2) is 5.43 Å². The number of hydrogen-bond donors (Lipinski definition) is 3. The van der Waals surface area contributed by atoms with Crippen LogP contribution in [-0.4, -0.2) is 57.7 Å². The van der Waals surface area contributed by atoms with Crippen LogP contribution >= 0.6 is 0 Å². The number of carbonyl (C=O) groups excluding carboxylic acids is 1. The molecule has 2 fully saturated rings. The van der Waals surface area contributed by atoms with Crippen molar-refractivity contribution in [2.45, 2.75) is 65.1 Å². The van der Waals surface area contributed by atoms with Gasteiger partial charge in [0.2, 0.25) is 0 Å². The second-order valence-corrected chi connectivity index (χ2v) is 8.78. The normalized spacial score (nSPS) is 22.3. The van der Waals surface area contributed by atoms with E-state index in [0.29, 0.717) is 25.6 Å². The van der Waals surface area contributed by atoms with E-state index in [4.69, 9.17) is 24.5 Å². The van der Waals surface area contributed by atoms with Gasteiger partial charge >= 0.3 is 5.97 Å². The third-order valence-corrected chi connectivity index (χ3v) is 6.88. The quantitative estimate of drug-likeness (QED) is 0.419. The van der Waals surface area contributed by atoms with Crippen molar-refractivity contribution in [3.63, 3.8) is 0 Å². The summed E-state index contributed by atoms with van der Waals surface area (Å²) in [4.78, 5) is 48.1. The van der Waals surface area contributed by atoms with E-state index < -0.39 is 5.41 Å². The largest absolute Gasteiger partial charge is 0.483 e. The van der Waals surface area contributed by atoms with Crippen LogP contribution in [0.4, 0.5) is 0 Å². The van der Waals surface area contributed by atoms with Gasteiger partial charge in [-0.3, -0.25) is 24.1 Å². The van der Waals surface area contributed by atoms with Gasteiger partial charge in [0.05, 0.1) is 12.0 Å². The van der Waals surface area contributed by atoms with Gasteiger partial charge in [0.25, 0.3) is 12.9 Å². The molecule has 2 aliphatic rings. The van der Waals surface area contributed by atoms with Crippen LogP contribution < -0.4 is 5.43 Å². The van der Waals surface area contributed by atoms with Crippen LogP contribution in [0.5, 0.6) is 0 Å². The van der Waals surface area contributed by atoms with E-state index in [1.807, 2.05) is 39.0 Å². The highest BCUT2D eigenvalue weighted by molar-refractivity contribution is 5.79. The predicted molar refractivity (Wildman–Crippen MR) is 130 cm³/mol. The summed E-state index contributed by atoms with van der Waals surface area (Å²) in [6.45, 7) is 6.17. The lowest BCUT2D eigenvalue weighted by atomic mass is 9.70. The number of ether oxygens (including phenoxy) is 1. The molecule has 0 spiro atoms. The lowest BCUT2D eigenvalue weighted by Crippen LogP contribution is -2.46. The number of hydrogen-bond acceptors (Lipinski definition) is 6. The molecular weight excluding hydrogens is 452 g/mol. The van der Waals surface area contributed by atoms with Crippen LogP contribution in [0, 0.1) is 19.3 Å². The van der Waals surface area contributed by atoms with Crippen molar-refractivity contribution in [2.24, 2.45) is 5.41 Å². The molecule has 0 radical (unpaired) electrons. The average molecular weight is 487 g/mol. The minimum atomic E-state index is -0.515. The SMILES string of the molecule is CCOC(=O)[C@@]1(Cc2ccccc2)C[C@H]2CC[C@@H]1N2Cc1[nH]cc(C)c(=O)c1C.O=CO.O=CO. The molecule has 0 saturated carbocycles. The smallest absolute Gasteiger partial charge is 0.314 e. The first-order valence-electron chi connectivity index (χ1n) is 11.6. The van der Waals surface area contributed by atoms with Crippen molar-refractivity contribution < 1.29 is 29.3 Å². The Kier molecular flexibility index (Phi) is 10.2. The lowest BCUT2D eigenvalue weighted by molar-refractivity contribution is -0.157. The maximum Gasteiger partial charge on any atom is 0.314 e. The Balaban J connectivity index is 0.000000655. The molecule has 2 aliphatic heterocycles. The standard InChI is InChI=1S/C24H30N2O3.2CH2O2/c1-4-29-23(28)24(12-18-8-6-5-7-9-18)13-19-10-11-21(24)26(19)15-20-17(3)22(27)16(2)14-25-20;2*2-1-3/h5-9,14,19,21H,4,10-13,15H2,1-3H3,(H,25,27);2*1H,(H,2,3)/t19-,21+,24+;;/m1../s1. The Labute approximate surface area is 204 Å². The highest BCUT2D eigenvalue weighted by Gasteiger charge is 2.60. The Morgan fingerprint density at radius 3 is 2.40 bits per heavy atom. The molecular formula is C26H34N2O7. The minimum absolute atomic E-state index is 0.0739. The number of aromatic nitrogens is 1. The Bertz CT molecular complexity index is 1050. The summed E-state index contributed by atoms with van der Waals surface area (Å²) >= 11 is 0. The molecule has 3 heterocycles. The molecule has 35 heavy (non-hydrogen) atoms. The van der Waals surface area contributed by atoms with Crippen molar-refractivity contribution in [1.29, 1.82) is 0 Å². The molecule has 190 valence electrons. The molecule has 9 heteroatoms. The number of pyridine rings is 1. The van der Waals surface area contributed by atoms with Crippen molar-refractivity contribution in [2.75, 3.05) is 6.61 Å². The summed E-state index contributed by atoms with van der Waals surface area (Å²) in [5, 5.41) is 13.8. The minimum Gasteiger partial charge on any atom is -0.483 e. The van der Waals surface area contributed by atoms with Gasteiger partial charge in [0, 0.05) is 41.6 Å². The molecule has 0 amide bonds. The number of esters is 1. The zero-order chi connectivity index (χ0) is 26.0. The van der Waals surface area contributed by atoms with Gasteiger partial charge in [-0.15, -0.1) is 0 Å². The number of benzene rings is 1. The van der Waals surface area contributed by atoms with E-state index in [0.717, 1.165) is 36.1 Å². The van der Waals surface area contributed by atoms with Crippen molar-refractivity contribution in [3.05, 3.63) is 69.1 Å². The predicted octanol–water partition coefficient (Wildman–Crippen LogP) is 2.92. The Morgan fingerprint density at radius 1 is 1.17 bits per heavy atom. The second-order valence-electron chi connectivity index (χ2n) is 8.78. The zero-order valence-corrected chi connectivity index (χ0v) is 20.4. The summed E-state index contributed by atoms with van der Waals surface area (Å²) < 4.78 is 5.59. The number of carboxylic acid groups (broad SMARTS) is 2. The molecule has 0 unspecified atom stereocenters. The molecule has 1 aromatic carbocycles. The number of nitrogens with zero attached hydrogens (tertiary/aromatic N) is 1. The van der Waals surface area contributed by atoms with E-state index in [1.54, 1.807) is 6.20 Å². The molecule has 2 bridgehead atoms. The van der Waals surface area contributed by atoms with E-state index in [9.17, 15) is 9.59 Å². The first-order chi connectivity index (χ1) is 16.8. The van der Waals surface area contributed by atoms with E-state index >= 15 is 0 Å². The molecule has 2 aromatic rings. The van der Waals surface area contributed by atoms with Gasteiger partial charge < -0.3 is 19.9 Å². The number of fused-ring (bicyclic) bond motifs is 2. The van der Waals surface area contributed by atoms with Crippen LogP contribution in [0.2, 0.25) is 0 Å². The molecule has 2 saturated heterocycles. The van der Waals surface area contributed by atoms with Crippen molar-refractivity contribution >= 4 is 18.9 Å². The molecule has 4 rings (SSSR count). The van der Waals surface area contributed by atoms with Crippen LogP contribution in [0.25, 0.3) is 0 Å². The van der Waals surface area contributed by atoms with Crippen LogP contribution in [0.1, 0.15) is 48.6 Å². The third kappa shape index (κ3) is 6.16. The molecule has 3 N–H and O–H groups in total. The maximum atomic E-state index is 13.2. The lowest BCUT2D eigenvalue weighted by Gasteiger charge is -2.35. The van der Waals surface area contributed by atoms with Gasteiger partial charge in [0.1, 0.15) is 0 Å². The second kappa shape index (κ2) is 12.9. The third-order valence-electron chi connectivity index (χ3n) is 6.88. The summed E-state index contributed by atoms with van der Waals surface area (Å²) in [7, 11) is 0. The van der Waals surface area contributed by atoms with Crippen LogP contribution in [-0.2, 0) is 32.1 Å². The molecule has 0 aliphatic carbocycles. The molecule has 3 atom stereocenters. The van der Waals surface area contributed by atoms with Crippen molar-refractivity contribution in [3.8, 4) is 0 Å². The van der Waals surface area contributed by atoms with Gasteiger partial charge in [-0.2, -0.15) is 0 Å². The van der Waals surface area contributed by atoms with Crippen molar-refractivity contribution in [1.82, 2.24) is 9.88 Å². The fourth-order valence-corrected chi connectivity index (χ4v) is 5.41. The molecule has 1 aromatic heterocycles. The van der Waals surface area contributed by atoms with Gasteiger partial charge in [-0.05, 0) is 52.0 Å². The summed E-state index contributed by atoms with van der Waals surface area (Å²) in [5.41, 5.74) is 3.23. The Hall–Kier alpha value is -3.46. The first-order valence-corrected chi connectivity index (χ1v) is 11.6. The first kappa shape index (κ1) is 27.8. The average Bonchev–Trinajstić information content (AvgIpc) is 3.36. The topological polar surface area (TPSA) is 137 Å². The fraction of sp³-hybridized carbons (Fsp3) is 0.462. The van der Waals surface area contributed by atoms with Gasteiger partial charge in [-0.1, -0.05) is 30.3 Å². The summed E-state index contributed by atoms with van der Waals surface area (Å²) in [5.74, 6) is -0.0739. The number of H-pyrrole nitrogens is 1. The number of aromatic amines is 1. The summed E-state index contributed by atoms with van der Waals surface area (Å²) in [6.07, 6.45) is 5.40.